The van der Waals surface area contributed by atoms with Crippen LogP contribution >= 0.6 is 27.5 Å². The second kappa shape index (κ2) is 7.34. The summed E-state index contributed by atoms with van der Waals surface area (Å²) >= 11 is 9.21. The molecule has 0 radical (unpaired) electrons. The van der Waals surface area contributed by atoms with Gasteiger partial charge in [0.05, 0.1) is 4.48 Å². The number of halogens is 2. The van der Waals surface area contributed by atoms with Crippen LogP contribution < -0.4 is 0 Å². The van der Waals surface area contributed by atoms with Gasteiger partial charge in [-0.3, -0.25) is 0 Å². The van der Waals surface area contributed by atoms with Gasteiger partial charge < -0.3 is 0 Å². The maximum absolute atomic E-state index is 5.90. The van der Waals surface area contributed by atoms with Crippen molar-refractivity contribution >= 4 is 32.7 Å². The summed E-state index contributed by atoms with van der Waals surface area (Å²) in [7, 11) is 0. The quantitative estimate of drug-likeness (QED) is 0.657. The van der Waals surface area contributed by atoms with Crippen molar-refractivity contribution in [1.82, 2.24) is 0 Å². The predicted molar refractivity (Wildman–Crippen MR) is 64.6 cm³/mol. The van der Waals surface area contributed by atoms with E-state index in [4.69, 9.17) is 11.6 Å². The van der Waals surface area contributed by atoms with Crippen LogP contribution in [0.3, 0.4) is 0 Å². The maximum Gasteiger partial charge on any atom is 0.143 e. The molecule has 0 fully saturated rings. The van der Waals surface area contributed by atoms with Crippen LogP contribution in [0.5, 0.6) is 0 Å². The Morgan fingerprint density at radius 3 is 2.62 bits per heavy atom. The molecule has 0 rings (SSSR count). The fourth-order valence-electron chi connectivity index (χ4n) is 0.726. The number of hydrogen-bond donors (Lipinski definition) is 0. The maximum atomic E-state index is 5.90. The first-order valence-corrected chi connectivity index (χ1v) is 5.52. The average Bonchev–Trinajstić information content (AvgIpc) is 2.13. The molecule has 0 saturated heterocycles. The predicted octanol–water partition coefficient (Wildman–Crippen LogP) is 4.63. The van der Waals surface area contributed by atoms with Gasteiger partial charge in [-0.15, -0.1) is 0 Å². The molecule has 0 atom stereocenters. The lowest BCUT2D eigenvalue weighted by molar-refractivity contribution is 0.946. The molecule has 1 nitrogen and oxygen atoms in total. The molecule has 0 N–H and O–H groups in total. The van der Waals surface area contributed by atoms with Crippen LogP contribution in [-0.2, 0) is 0 Å². The number of rotatable bonds is 4. The summed E-state index contributed by atoms with van der Waals surface area (Å²) in [5, 5.41) is 0.507. The third-order valence-electron chi connectivity index (χ3n) is 1.45. The van der Waals surface area contributed by atoms with Gasteiger partial charge in [-0.25, -0.2) is 4.99 Å². The normalized spacial score (nSPS) is 15.0. The Balaban J connectivity index is 4.38. The molecule has 0 heterocycles. The lowest BCUT2D eigenvalue weighted by atomic mass is 10.3. The van der Waals surface area contributed by atoms with E-state index in [1.807, 2.05) is 19.9 Å². The molecule has 0 saturated carbocycles. The number of allylic oxidation sites excluding steroid dienone is 4. The molecule has 0 unspecified atom stereocenters. The molecular weight excluding hydrogens is 249 g/mol. The van der Waals surface area contributed by atoms with Crippen molar-refractivity contribution in [3.63, 3.8) is 0 Å². The monoisotopic (exact) mass is 263 g/mol. The SMILES string of the molecule is C\C=C(Br)/C(Cl)=N/C(C)=C/CCC. The minimum absolute atomic E-state index is 0.507. The largest absolute Gasteiger partial charge is 0.241 e. The van der Waals surface area contributed by atoms with Gasteiger partial charge in [0.2, 0.25) is 0 Å². The minimum Gasteiger partial charge on any atom is -0.241 e. The lowest BCUT2D eigenvalue weighted by Gasteiger charge is -1.96. The summed E-state index contributed by atoms with van der Waals surface area (Å²) in [5.41, 5.74) is 0.964. The first-order chi connectivity index (χ1) is 6.11. The van der Waals surface area contributed by atoms with Gasteiger partial charge in [0.25, 0.3) is 0 Å². The molecule has 0 aromatic heterocycles. The van der Waals surface area contributed by atoms with E-state index in [1.54, 1.807) is 0 Å². The second-order valence-corrected chi connectivity index (χ2v) is 3.89. The Labute approximate surface area is 93.7 Å². The average molecular weight is 265 g/mol. The summed E-state index contributed by atoms with van der Waals surface area (Å²) in [4.78, 5) is 4.21. The molecule has 0 aromatic rings. The van der Waals surface area contributed by atoms with E-state index in [0.29, 0.717) is 5.17 Å². The lowest BCUT2D eigenvalue weighted by Crippen LogP contribution is -1.86. The zero-order valence-electron chi connectivity index (χ0n) is 8.27. The van der Waals surface area contributed by atoms with Gasteiger partial charge >= 0.3 is 0 Å². The van der Waals surface area contributed by atoms with Gasteiger partial charge in [0.1, 0.15) is 5.17 Å². The molecule has 0 aliphatic rings. The van der Waals surface area contributed by atoms with Crippen LogP contribution in [0.4, 0.5) is 0 Å². The van der Waals surface area contributed by atoms with E-state index >= 15 is 0 Å². The summed E-state index contributed by atoms with van der Waals surface area (Å²) < 4.78 is 0.832. The first-order valence-electron chi connectivity index (χ1n) is 4.35. The number of unbranched alkanes of at least 4 members (excludes halogenated alkanes) is 1. The molecule has 0 aliphatic heterocycles. The summed E-state index contributed by atoms with van der Waals surface area (Å²) in [6.07, 6.45) is 6.14. The van der Waals surface area contributed by atoms with Crippen molar-refractivity contribution in [1.29, 1.82) is 0 Å². The van der Waals surface area contributed by atoms with Crippen molar-refractivity contribution in [2.24, 2.45) is 4.99 Å². The molecule has 0 aromatic carbocycles. The Kier molecular flexibility index (Phi) is 7.29. The highest BCUT2D eigenvalue weighted by Gasteiger charge is 1.97. The van der Waals surface area contributed by atoms with Crippen LogP contribution in [-0.4, -0.2) is 5.17 Å². The van der Waals surface area contributed by atoms with Crippen LogP contribution in [0.1, 0.15) is 33.6 Å². The van der Waals surface area contributed by atoms with E-state index in [1.165, 1.54) is 0 Å². The topological polar surface area (TPSA) is 12.4 Å². The Morgan fingerprint density at radius 1 is 1.54 bits per heavy atom. The second-order valence-electron chi connectivity index (χ2n) is 2.67. The third-order valence-corrected chi connectivity index (χ3v) is 2.80. The molecule has 0 amide bonds. The van der Waals surface area contributed by atoms with E-state index in [2.05, 4.69) is 33.9 Å². The van der Waals surface area contributed by atoms with E-state index in [9.17, 15) is 0 Å². The van der Waals surface area contributed by atoms with Gasteiger partial charge in [0.15, 0.2) is 0 Å². The van der Waals surface area contributed by atoms with Crippen molar-refractivity contribution in [2.75, 3.05) is 0 Å². The van der Waals surface area contributed by atoms with Crippen LogP contribution in [0.2, 0.25) is 0 Å². The van der Waals surface area contributed by atoms with Gasteiger partial charge in [0, 0.05) is 5.70 Å². The van der Waals surface area contributed by atoms with Gasteiger partial charge in [-0.2, -0.15) is 0 Å². The standard InChI is InChI=1S/C10H15BrClN/c1-4-6-7-8(3)13-10(12)9(11)5-2/h5,7H,4,6H2,1-3H3/b8-7+,9-5+,13-10-. The highest BCUT2D eigenvalue weighted by atomic mass is 79.9. The van der Waals surface area contributed by atoms with Crippen molar-refractivity contribution in [2.45, 2.75) is 33.6 Å². The van der Waals surface area contributed by atoms with Crippen LogP contribution in [0.25, 0.3) is 0 Å². The number of aliphatic imine (C=N–C) groups is 1. The molecule has 3 heteroatoms. The number of hydrogen-bond acceptors (Lipinski definition) is 1. The molecule has 0 bridgehead atoms. The highest BCUT2D eigenvalue weighted by Crippen LogP contribution is 2.13. The summed E-state index contributed by atoms with van der Waals surface area (Å²) in [5.74, 6) is 0. The third kappa shape index (κ3) is 6.05. The van der Waals surface area contributed by atoms with E-state index in [0.717, 1.165) is 23.0 Å². The zero-order chi connectivity index (χ0) is 10.3. The zero-order valence-corrected chi connectivity index (χ0v) is 10.6. The Bertz CT molecular complexity index is 241. The molecule has 13 heavy (non-hydrogen) atoms. The van der Waals surface area contributed by atoms with Crippen molar-refractivity contribution in [3.8, 4) is 0 Å². The van der Waals surface area contributed by atoms with Gasteiger partial charge in [-0.1, -0.05) is 37.1 Å². The molecule has 74 valence electrons. The molecule has 0 spiro atoms. The minimum atomic E-state index is 0.507. The fourth-order valence-corrected chi connectivity index (χ4v) is 1.06. The summed E-state index contributed by atoms with van der Waals surface area (Å²) in [6, 6.07) is 0. The van der Waals surface area contributed by atoms with E-state index in [-0.39, 0.29) is 0 Å². The Hall–Kier alpha value is -0.0800. The van der Waals surface area contributed by atoms with Crippen molar-refractivity contribution < 1.29 is 0 Å². The van der Waals surface area contributed by atoms with Crippen molar-refractivity contribution in [3.05, 3.63) is 22.3 Å². The number of nitrogens with zero attached hydrogens (tertiary/aromatic N) is 1. The van der Waals surface area contributed by atoms with Crippen LogP contribution in [0.15, 0.2) is 27.3 Å². The molecule has 0 aliphatic carbocycles. The highest BCUT2D eigenvalue weighted by molar-refractivity contribution is 9.12. The summed E-state index contributed by atoms with van der Waals surface area (Å²) in [6.45, 7) is 6.00. The Morgan fingerprint density at radius 2 is 2.15 bits per heavy atom. The smallest absolute Gasteiger partial charge is 0.143 e. The van der Waals surface area contributed by atoms with Gasteiger partial charge in [-0.05, 0) is 36.2 Å². The first kappa shape index (κ1) is 12.9. The fraction of sp³-hybridized carbons (Fsp3) is 0.500. The van der Waals surface area contributed by atoms with E-state index < -0.39 is 0 Å². The van der Waals surface area contributed by atoms with Crippen LogP contribution in [0, 0.1) is 0 Å². The molecular formula is C10H15BrClN.